The molecule has 1 aromatic heterocycles. The Balaban J connectivity index is 2.53. The predicted molar refractivity (Wildman–Crippen MR) is 80.0 cm³/mol. The van der Waals surface area contributed by atoms with Crippen LogP contribution in [0.1, 0.15) is 50.4 Å². The predicted octanol–water partition coefficient (Wildman–Crippen LogP) is 3.14. The lowest BCUT2D eigenvalue weighted by Gasteiger charge is -2.19. The first-order chi connectivity index (χ1) is 9.58. The molecule has 3 N–H and O–H groups in total. The van der Waals surface area contributed by atoms with E-state index < -0.39 is 18.0 Å². The number of hydrogen-bond donors (Lipinski definition) is 3. The molecule has 0 bridgehead atoms. The third-order valence-electron chi connectivity index (χ3n) is 3.05. The average molecular weight is 298 g/mol. The minimum absolute atomic E-state index is 0.0735. The Labute approximate surface area is 123 Å². The van der Waals surface area contributed by atoms with E-state index in [1.807, 2.05) is 31.4 Å². The SMILES string of the molecule is CCCCC(NC(=O)NC(CC)c1cccs1)C(=O)O. The fourth-order valence-electron chi connectivity index (χ4n) is 1.89. The molecular formula is C14H22N2O3S. The van der Waals surface area contributed by atoms with Crippen LogP contribution in [0.2, 0.25) is 0 Å². The summed E-state index contributed by atoms with van der Waals surface area (Å²) in [6.07, 6.45) is 2.90. The zero-order chi connectivity index (χ0) is 15.0. The molecule has 1 heterocycles. The van der Waals surface area contributed by atoms with Gasteiger partial charge in [0, 0.05) is 4.88 Å². The number of amides is 2. The standard InChI is InChI=1S/C14H22N2O3S/c1-3-5-7-11(13(17)18)16-14(19)15-10(4-2)12-8-6-9-20-12/h6,8-11H,3-5,7H2,1-2H3,(H,17,18)(H2,15,16,19). The fourth-order valence-corrected chi connectivity index (χ4v) is 2.75. The number of thiophene rings is 1. The number of nitrogens with one attached hydrogen (secondary N) is 2. The Kier molecular flexibility index (Phi) is 7.08. The Bertz CT molecular complexity index is 420. The maximum Gasteiger partial charge on any atom is 0.326 e. The summed E-state index contributed by atoms with van der Waals surface area (Å²) in [4.78, 5) is 24.1. The average Bonchev–Trinajstić information content (AvgIpc) is 2.94. The summed E-state index contributed by atoms with van der Waals surface area (Å²) in [5.74, 6) is -0.988. The van der Waals surface area contributed by atoms with Crippen LogP contribution in [0.15, 0.2) is 17.5 Å². The van der Waals surface area contributed by atoms with Crippen molar-refractivity contribution in [3.63, 3.8) is 0 Å². The summed E-state index contributed by atoms with van der Waals surface area (Å²) < 4.78 is 0. The smallest absolute Gasteiger partial charge is 0.326 e. The quantitative estimate of drug-likeness (QED) is 0.690. The first-order valence-corrected chi connectivity index (χ1v) is 7.79. The molecule has 0 saturated heterocycles. The molecule has 0 aliphatic rings. The van der Waals surface area contributed by atoms with Crippen LogP contribution >= 0.6 is 11.3 Å². The number of unbranched alkanes of at least 4 members (excludes halogenated alkanes) is 1. The van der Waals surface area contributed by atoms with Crippen LogP contribution in [0.4, 0.5) is 4.79 Å². The van der Waals surface area contributed by atoms with Crippen molar-refractivity contribution >= 4 is 23.3 Å². The molecule has 1 rings (SSSR count). The lowest BCUT2D eigenvalue weighted by atomic mass is 10.1. The molecule has 0 radical (unpaired) electrons. The highest BCUT2D eigenvalue weighted by molar-refractivity contribution is 7.10. The monoisotopic (exact) mass is 298 g/mol. The molecule has 2 atom stereocenters. The molecule has 0 aliphatic heterocycles. The maximum absolute atomic E-state index is 11.9. The molecule has 0 spiro atoms. The van der Waals surface area contributed by atoms with Gasteiger partial charge in [0.15, 0.2) is 0 Å². The second-order valence-electron chi connectivity index (χ2n) is 4.63. The van der Waals surface area contributed by atoms with E-state index in [2.05, 4.69) is 10.6 Å². The first kappa shape index (κ1) is 16.5. The Morgan fingerprint density at radius 2 is 2.10 bits per heavy atom. The third kappa shape index (κ3) is 5.21. The van der Waals surface area contributed by atoms with Gasteiger partial charge < -0.3 is 15.7 Å². The van der Waals surface area contributed by atoms with E-state index >= 15 is 0 Å². The van der Waals surface area contributed by atoms with E-state index in [0.717, 1.165) is 24.1 Å². The summed E-state index contributed by atoms with van der Waals surface area (Å²) in [5.41, 5.74) is 0. The van der Waals surface area contributed by atoms with Gasteiger partial charge in [0.25, 0.3) is 0 Å². The molecule has 1 aromatic rings. The van der Waals surface area contributed by atoms with Gasteiger partial charge in [-0.05, 0) is 24.3 Å². The van der Waals surface area contributed by atoms with Gasteiger partial charge >= 0.3 is 12.0 Å². The third-order valence-corrected chi connectivity index (χ3v) is 4.04. The van der Waals surface area contributed by atoms with Gasteiger partial charge in [0.1, 0.15) is 6.04 Å². The molecule has 5 nitrogen and oxygen atoms in total. The van der Waals surface area contributed by atoms with Crippen LogP contribution in [0.25, 0.3) is 0 Å². The van der Waals surface area contributed by atoms with E-state index in [-0.39, 0.29) is 6.04 Å². The first-order valence-electron chi connectivity index (χ1n) is 6.91. The van der Waals surface area contributed by atoms with Crippen LogP contribution in [-0.4, -0.2) is 23.1 Å². The van der Waals surface area contributed by atoms with Crippen LogP contribution in [0, 0.1) is 0 Å². The van der Waals surface area contributed by atoms with Gasteiger partial charge in [0.05, 0.1) is 6.04 Å². The van der Waals surface area contributed by atoms with Crippen molar-refractivity contribution in [2.24, 2.45) is 0 Å². The van der Waals surface area contributed by atoms with E-state index in [4.69, 9.17) is 5.11 Å². The Morgan fingerprint density at radius 1 is 1.35 bits per heavy atom. The number of carboxylic acid groups (broad SMARTS) is 1. The highest BCUT2D eigenvalue weighted by Crippen LogP contribution is 2.21. The topological polar surface area (TPSA) is 78.4 Å². The lowest BCUT2D eigenvalue weighted by molar-refractivity contribution is -0.139. The lowest BCUT2D eigenvalue weighted by Crippen LogP contribution is -2.46. The van der Waals surface area contributed by atoms with E-state index in [9.17, 15) is 9.59 Å². The molecule has 0 aliphatic carbocycles. The highest BCUT2D eigenvalue weighted by Gasteiger charge is 2.21. The minimum Gasteiger partial charge on any atom is -0.480 e. The molecule has 112 valence electrons. The largest absolute Gasteiger partial charge is 0.480 e. The van der Waals surface area contributed by atoms with Gasteiger partial charge in [0.2, 0.25) is 0 Å². The fraction of sp³-hybridized carbons (Fsp3) is 0.571. The van der Waals surface area contributed by atoms with Crippen molar-refractivity contribution in [3.05, 3.63) is 22.4 Å². The second kappa shape index (κ2) is 8.58. The number of carboxylic acids is 1. The number of carbonyl (C=O) groups excluding carboxylic acids is 1. The van der Waals surface area contributed by atoms with E-state index in [1.54, 1.807) is 11.3 Å². The van der Waals surface area contributed by atoms with Crippen molar-refractivity contribution in [3.8, 4) is 0 Å². The van der Waals surface area contributed by atoms with Crippen molar-refractivity contribution in [2.75, 3.05) is 0 Å². The number of aliphatic carboxylic acids is 1. The molecule has 2 unspecified atom stereocenters. The maximum atomic E-state index is 11.9. The van der Waals surface area contributed by atoms with Gasteiger partial charge in [-0.2, -0.15) is 0 Å². The molecule has 2 amide bonds. The molecule has 20 heavy (non-hydrogen) atoms. The zero-order valence-electron chi connectivity index (χ0n) is 11.9. The minimum atomic E-state index is -0.988. The molecular weight excluding hydrogens is 276 g/mol. The van der Waals surface area contributed by atoms with Gasteiger partial charge in [-0.1, -0.05) is 32.8 Å². The van der Waals surface area contributed by atoms with Crippen LogP contribution in [0.3, 0.4) is 0 Å². The van der Waals surface area contributed by atoms with Crippen molar-refractivity contribution in [1.82, 2.24) is 10.6 Å². The zero-order valence-corrected chi connectivity index (χ0v) is 12.7. The van der Waals surface area contributed by atoms with Crippen molar-refractivity contribution in [2.45, 2.75) is 51.6 Å². The van der Waals surface area contributed by atoms with Gasteiger partial charge in [-0.25, -0.2) is 9.59 Å². The highest BCUT2D eigenvalue weighted by atomic mass is 32.1. The van der Waals surface area contributed by atoms with E-state index in [0.29, 0.717) is 6.42 Å². The summed E-state index contributed by atoms with van der Waals surface area (Å²) in [7, 11) is 0. The van der Waals surface area contributed by atoms with Gasteiger partial charge in [-0.3, -0.25) is 0 Å². The normalized spacial score (nSPS) is 13.5. The molecule has 6 heteroatoms. The van der Waals surface area contributed by atoms with Crippen LogP contribution in [-0.2, 0) is 4.79 Å². The Morgan fingerprint density at radius 3 is 2.60 bits per heavy atom. The van der Waals surface area contributed by atoms with Crippen molar-refractivity contribution in [1.29, 1.82) is 0 Å². The summed E-state index contributed by atoms with van der Waals surface area (Å²) >= 11 is 1.58. The summed E-state index contributed by atoms with van der Waals surface area (Å²) in [5, 5.41) is 16.4. The number of rotatable bonds is 8. The number of hydrogen-bond acceptors (Lipinski definition) is 3. The van der Waals surface area contributed by atoms with Gasteiger partial charge in [-0.15, -0.1) is 11.3 Å². The molecule has 0 fully saturated rings. The van der Waals surface area contributed by atoms with Crippen LogP contribution < -0.4 is 10.6 Å². The van der Waals surface area contributed by atoms with Crippen LogP contribution in [0.5, 0.6) is 0 Å². The summed E-state index contributed by atoms with van der Waals surface area (Å²) in [6.45, 7) is 3.97. The Hall–Kier alpha value is -1.56. The molecule has 0 saturated carbocycles. The van der Waals surface area contributed by atoms with E-state index in [1.165, 1.54) is 0 Å². The summed E-state index contributed by atoms with van der Waals surface area (Å²) in [6, 6.07) is 2.58. The second-order valence-corrected chi connectivity index (χ2v) is 5.61. The molecule has 0 aromatic carbocycles. The number of carbonyl (C=O) groups is 2. The van der Waals surface area contributed by atoms with Crippen molar-refractivity contribution < 1.29 is 14.7 Å². The number of urea groups is 1.